The summed E-state index contributed by atoms with van der Waals surface area (Å²) in [5, 5.41) is 27.7. The van der Waals surface area contributed by atoms with Crippen LogP contribution in [-0.2, 0) is 4.79 Å². The van der Waals surface area contributed by atoms with Gasteiger partial charge in [-0.1, -0.05) is 0 Å². The van der Waals surface area contributed by atoms with Crippen molar-refractivity contribution in [3.63, 3.8) is 0 Å². The lowest BCUT2D eigenvalue weighted by atomic mass is 9.98. The molecule has 1 unspecified atom stereocenters. The van der Waals surface area contributed by atoms with Gasteiger partial charge in [-0.05, 0) is 61.0 Å². The highest BCUT2D eigenvalue weighted by Gasteiger charge is 2.39. The zero-order chi connectivity index (χ0) is 24.2. The molecule has 34 heavy (non-hydrogen) atoms. The summed E-state index contributed by atoms with van der Waals surface area (Å²) in [5.74, 6) is -0.208. The summed E-state index contributed by atoms with van der Waals surface area (Å²) in [6.45, 7) is 1.64. The molecule has 1 aliphatic heterocycles. The van der Waals surface area contributed by atoms with E-state index in [1.165, 1.54) is 0 Å². The molecule has 1 amide bonds. The van der Waals surface area contributed by atoms with Crippen LogP contribution in [0.15, 0.2) is 53.6 Å². The van der Waals surface area contributed by atoms with Gasteiger partial charge in [0.2, 0.25) is 0 Å². The number of nitrogens with one attached hydrogen (secondary N) is 1. The van der Waals surface area contributed by atoms with Crippen LogP contribution in [0.1, 0.15) is 16.8 Å². The number of hydrogen-bond acceptors (Lipinski definition) is 9. The minimum absolute atomic E-state index is 0.0405. The van der Waals surface area contributed by atoms with E-state index >= 15 is 0 Å². The summed E-state index contributed by atoms with van der Waals surface area (Å²) < 4.78 is 10.3. The minimum atomic E-state index is -1.12. The Morgan fingerprint density at radius 2 is 1.59 bits per heavy atom. The largest absolute Gasteiger partial charge is 0.497 e. The number of nitriles is 2. The fraction of sp³-hybridized carbons (Fsp3) is 0.167. The lowest BCUT2D eigenvalue weighted by Gasteiger charge is -2.15. The number of anilines is 3. The van der Waals surface area contributed by atoms with Gasteiger partial charge in [0.15, 0.2) is 11.7 Å². The van der Waals surface area contributed by atoms with Crippen LogP contribution in [-0.4, -0.2) is 35.8 Å². The third-order valence-corrected chi connectivity index (χ3v) is 5.18. The molecule has 10 nitrogen and oxygen atoms in total. The molecule has 168 valence electrons. The SMILES string of the molecule is COc1ccc(Nc2nc(N3N=C(c4ccc(OC)cc4)C(C#N)C3=O)nc(C)c2C#N)cc1. The normalized spacial score (nSPS) is 14.7. The third-order valence-electron chi connectivity index (χ3n) is 5.18. The highest BCUT2D eigenvalue weighted by molar-refractivity contribution is 6.22. The molecule has 0 fully saturated rings. The monoisotopic (exact) mass is 453 g/mol. The van der Waals surface area contributed by atoms with Crippen molar-refractivity contribution in [3.05, 3.63) is 65.4 Å². The predicted molar refractivity (Wildman–Crippen MR) is 124 cm³/mol. The number of ether oxygens (including phenoxy) is 2. The van der Waals surface area contributed by atoms with Crippen LogP contribution < -0.4 is 19.8 Å². The smallest absolute Gasteiger partial charge is 0.273 e. The second kappa shape index (κ2) is 9.27. The van der Waals surface area contributed by atoms with Gasteiger partial charge in [0.1, 0.15) is 23.1 Å². The first-order valence-corrected chi connectivity index (χ1v) is 10.2. The van der Waals surface area contributed by atoms with E-state index in [2.05, 4.69) is 26.5 Å². The molecule has 0 bridgehead atoms. The van der Waals surface area contributed by atoms with Crippen molar-refractivity contribution in [1.29, 1.82) is 10.5 Å². The number of carbonyl (C=O) groups is 1. The van der Waals surface area contributed by atoms with E-state index in [0.717, 1.165) is 5.01 Å². The topological polar surface area (TPSA) is 137 Å². The van der Waals surface area contributed by atoms with Crippen LogP contribution in [0.5, 0.6) is 11.5 Å². The van der Waals surface area contributed by atoms with Crippen molar-refractivity contribution in [3.8, 4) is 23.6 Å². The molecule has 1 aliphatic rings. The number of carbonyl (C=O) groups excluding carboxylic acids is 1. The Morgan fingerprint density at radius 1 is 0.971 bits per heavy atom. The predicted octanol–water partition coefficient (Wildman–Crippen LogP) is 3.31. The summed E-state index contributed by atoms with van der Waals surface area (Å²) in [4.78, 5) is 21.7. The first-order chi connectivity index (χ1) is 16.5. The number of aryl methyl sites for hydroxylation is 1. The van der Waals surface area contributed by atoms with Crippen molar-refractivity contribution in [2.75, 3.05) is 24.5 Å². The number of hydrogen-bond donors (Lipinski definition) is 1. The van der Waals surface area contributed by atoms with Gasteiger partial charge in [-0.3, -0.25) is 4.79 Å². The number of benzene rings is 2. The maximum absolute atomic E-state index is 13.0. The zero-order valence-corrected chi connectivity index (χ0v) is 18.6. The van der Waals surface area contributed by atoms with Gasteiger partial charge in [-0.2, -0.15) is 25.6 Å². The second-order valence-electron chi connectivity index (χ2n) is 7.22. The van der Waals surface area contributed by atoms with E-state index < -0.39 is 11.8 Å². The van der Waals surface area contributed by atoms with Gasteiger partial charge in [-0.25, -0.2) is 4.98 Å². The van der Waals surface area contributed by atoms with Crippen molar-refractivity contribution >= 4 is 29.1 Å². The molecule has 0 saturated heterocycles. The Labute approximate surface area is 195 Å². The number of aromatic nitrogens is 2. The van der Waals surface area contributed by atoms with E-state index in [1.54, 1.807) is 69.7 Å². The van der Waals surface area contributed by atoms with Crippen molar-refractivity contribution in [2.24, 2.45) is 11.0 Å². The Kier molecular flexibility index (Phi) is 6.06. The molecular weight excluding hydrogens is 434 g/mol. The van der Waals surface area contributed by atoms with Crippen LogP contribution in [0, 0.1) is 35.5 Å². The molecule has 10 heteroatoms. The molecule has 2 aromatic carbocycles. The van der Waals surface area contributed by atoms with E-state index in [4.69, 9.17) is 9.47 Å². The number of methoxy groups -OCH3 is 2. The Balaban J connectivity index is 1.73. The Morgan fingerprint density at radius 3 is 2.15 bits per heavy atom. The summed E-state index contributed by atoms with van der Waals surface area (Å²) in [6.07, 6.45) is 0. The van der Waals surface area contributed by atoms with E-state index in [-0.39, 0.29) is 23.0 Å². The molecule has 0 spiro atoms. The van der Waals surface area contributed by atoms with Gasteiger partial charge < -0.3 is 14.8 Å². The molecule has 1 atom stereocenters. The summed E-state index contributed by atoms with van der Waals surface area (Å²) in [5.41, 5.74) is 2.13. The van der Waals surface area contributed by atoms with Crippen LogP contribution in [0.3, 0.4) is 0 Å². The fourth-order valence-electron chi connectivity index (χ4n) is 3.39. The van der Waals surface area contributed by atoms with Crippen LogP contribution in [0.4, 0.5) is 17.5 Å². The molecule has 0 saturated carbocycles. The molecule has 4 rings (SSSR count). The highest BCUT2D eigenvalue weighted by Crippen LogP contribution is 2.29. The van der Waals surface area contributed by atoms with Gasteiger partial charge in [-0.15, -0.1) is 0 Å². The minimum Gasteiger partial charge on any atom is -0.497 e. The molecule has 3 aromatic rings. The van der Waals surface area contributed by atoms with Crippen LogP contribution in [0.25, 0.3) is 0 Å². The maximum atomic E-state index is 13.0. The summed E-state index contributed by atoms with van der Waals surface area (Å²) in [6, 6.07) is 18.0. The average molecular weight is 453 g/mol. The van der Waals surface area contributed by atoms with E-state index in [0.29, 0.717) is 28.4 Å². The summed E-state index contributed by atoms with van der Waals surface area (Å²) in [7, 11) is 3.12. The maximum Gasteiger partial charge on any atom is 0.273 e. The molecule has 1 aromatic heterocycles. The Bertz CT molecular complexity index is 1350. The fourth-order valence-corrected chi connectivity index (χ4v) is 3.39. The molecular formula is C24H19N7O3. The van der Waals surface area contributed by atoms with Gasteiger partial charge in [0, 0.05) is 5.69 Å². The molecule has 0 radical (unpaired) electrons. The number of hydrazone groups is 1. The van der Waals surface area contributed by atoms with Gasteiger partial charge in [0.25, 0.3) is 11.9 Å². The quantitative estimate of drug-likeness (QED) is 0.600. The number of amides is 1. The van der Waals surface area contributed by atoms with Crippen molar-refractivity contribution in [2.45, 2.75) is 6.92 Å². The van der Waals surface area contributed by atoms with Crippen LogP contribution >= 0.6 is 0 Å². The van der Waals surface area contributed by atoms with E-state index in [1.807, 2.05) is 6.07 Å². The van der Waals surface area contributed by atoms with Crippen molar-refractivity contribution < 1.29 is 14.3 Å². The summed E-state index contributed by atoms with van der Waals surface area (Å²) >= 11 is 0. The second-order valence-corrected chi connectivity index (χ2v) is 7.22. The highest BCUT2D eigenvalue weighted by atomic mass is 16.5. The van der Waals surface area contributed by atoms with Gasteiger partial charge >= 0.3 is 0 Å². The molecule has 1 N–H and O–H groups in total. The average Bonchev–Trinajstić information content (AvgIpc) is 3.20. The number of rotatable bonds is 6. The Hall–Kier alpha value is -4.96. The molecule has 0 aliphatic carbocycles. The standard InChI is InChI=1S/C24H19N7O3/c1-14-19(12-25)22(28-16-6-10-18(34-3)11-7-16)29-24(27-14)31-23(32)20(13-26)21(30-31)15-4-8-17(33-2)9-5-15/h4-11,20H,1-3H3,(H,27,28,29). The lowest BCUT2D eigenvalue weighted by molar-refractivity contribution is -0.118. The van der Waals surface area contributed by atoms with Crippen molar-refractivity contribution in [1.82, 2.24) is 9.97 Å². The first-order valence-electron chi connectivity index (χ1n) is 10.2. The third kappa shape index (κ3) is 4.08. The van der Waals surface area contributed by atoms with Gasteiger partial charge in [0.05, 0.1) is 31.7 Å². The zero-order valence-electron chi connectivity index (χ0n) is 18.6. The molecule has 2 heterocycles. The van der Waals surface area contributed by atoms with Crippen LogP contribution in [0.2, 0.25) is 0 Å². The lowest BCUT2D eigenvalue weighted by Crippen LogP contribution is -2.28. The van der Waals surface area contributed by atoms with E-state index in [9.17, 15) is 15.3 Å². The first kappa shape index (κ1) is 22.2. The number of nitrogens with zero attached hydrogens (tertiary/aromatic N) is 6.